The molecule has 0 fully saturated rings. The second-order valence-electron chi connectivity index (χ2n) is 5.11. The van der Waals surface area contributed by atoms with Gasteiger partial charge in [-0.25, -0.2) is 0 Å². The van der Waals surface area contributed by atoms with E-state index in [-0.39, 0.29) is 17.5 Å². The van der Waals surface area contributed by atoms with Crippen molar-refractivity contribution >= 4 is 23.7 Å². The Morgan fingerprint density at radius 3 is 2.58 bits per heavy atom. The van der Waals surface area contributed by atoms with Gasteiger partial charge in [0.2, 0.25) is 5.91 Å². The molecule has 0 saturated carbocycles. The first kappa shape index (κ1) is 15.5. The molecular formula is C18H15N3O3. The number of phenolic OH excluding ortho intramolecular Hbond substituents is 1. The second-order valence-corrected chi connectivity index (χ2v) is 5.11. The van der Waals surface area contributed by atoms with Crippen LogP contribution in [0.1, 0.15) is 18.3 Å². The Morgan fingerprint density at radius 2 is 1.88 bits per heavy atom. The Kier molecular flexibility index (Phi) is 4.38. The summed E-state index contributed by atoms with van der Waals surface area (Å²) in [7, 11) is 0. The number of phenols is 1. The summed E-state index contributed by atoms with van der Waals surface area (Å²) in [5, 5.41) is 16.4. The third kappa shape index (κ3) is 3.67. The normalized spacial score (nSPS) is 10.9. The van der Waals surface area contributed by atoms with Crippen molar-refractivity contribution < 1.29 is 14.4 Å². The van der Waals surface area contributed by atoms with E-state index in [9.17, 15) is 9.90 Å². The van der Waals surface area contributed by atoms with Gasteiger partial charge in [-0.05, 0) is 35.9 Å². The Labute approximate surface area is 138 Å². The Hall–Kier alpha value is -3.41. The largest absolute Gasteiger partial charge is 0.507 e. The highest BCUT2D eigenvalue weighted by molar-refractivity contribution is 5.88. The molecule has 24 heavy (non-hydrogen) atoms. The zero-order chi connectivity index (χ0) is 16.9. The van der Waals surface area contributed by atoms with Gasteiger partial charge in [0.05, 0.1) is 5.56 Å². The van der Waals surface area contributed by atoms with E-state index < -0.39 is 0 Å². The van der Waals surface area contributed by atoms with Gasteiger partial charge >= 0.3 is 0 Å². The van der Waals surface area contributed by atoms with Crippen molar-refractivity contribution in [2.45, 2.75) is 6.92 Å². The van der Waals surface area contributed by atoms with Crippen LogP contribution in [0.4, 0.5) is 5.69 Å². The molecule has 6 heteroatoms. The van der Waals surface area contributed by atoms with Gasteiger partial charge in [0.25, 0.3) is 5.89 Å². The first-order valence-electron chi connectivity index (χ1n) is 7.29. The molecule has 0 spiro atoms. The average molecular weight is 321 g/mol. The number of para-hydroxylation sites is 1. The van der Waals surface area contributed by atoms with Crippen molar-refractivity contribution in [1.82, 2.24) is 10.1 Å². The van der Waals surface area contributed by atoms with Gasteiger partial charge in [-0.15, -0.1) is 0 Å². The number of nitrogens with zero attached hydrogens (tertiary/aromatic N) is 2. The van der Waals surface area contributed by atoms with E-state index in [4.69, 9.17) is 4.52 Å². The standard InChI is InChI=1S/C18H15N3O3/c1-12(22)19-14-9-6-13(7-10-14)8-11-17-20-18(24-21-17)15-4-2-3-5-16(15)23/h2-11,23H,1H3,(H,19,22). The monoisotopic (exact) mass is 321 g/mol. The predicted molar refractivity (Wildman–Crippen MR) is 91.1 cm³/mol. The van der Waals surface area contributed by atoms with Crippen LogP contribution >= 0.6 is 0 Å². The molecule has 3 aromatic rings. The van der Waals surface area contributed by atoms with Crippen LogP contribution in [-0.2, 0) is 4.79 Å². The van der Waals surface area contributed by atoms with Crippen LogP contribution in [0.2, 0.25) is 0 Å². The lowest BCUT2D eigenvalue weighted by atomic mass is 10.2. The van der Waals surface area contributed by atoms with E-state index in [2.05, 4.69) is 15.5 Å². The molecule has 0 bridgehead atoms. The summed E-state index contributed by atoms with van der Waals surface area (Å²) in [6, 6.07) is 14.1. The molecule has 0 aliphatic rings. The predicted octanol–water partition coefficient (Wildman–Crippen LogP) is 3.57. The summed E-state index contributed by atoms with van der Waals surface area (Å²) in [6.07, 6.45) is 3.54. The Bertz CT molecular complexity index is 883. The fraction of sp³-hybridized carbons (Fsp3) is 0.0556. The topological polar surface area (TPSA) is 88.2 Å². The molecule has 6 nitrogen and oxygen atoms in total. The minimum atomic E-state index is -0.109. The van der Waals surface area contributed by atoms with Crippen molar-refractivity contribution in [2.75, 3.05) is 5.32 Å². The Morgan fingerprint density at radius 1 is 1.12 bits per heavy atom. The van der Waals surface area contributed by atoms with E-state index >= 15 is 0 Å². The summed E-state index contributed by atoms with van der Waals surface area (Å²) in [4.78, 5) is 15.2. The minimum Gasteiger partial charge on any atom is -0.507 e. The van der Waals surface area contributed by atoms with Crippen LogP contribution in [0, 0.1) is 0 Å². The maximum Gasteiger partial charge on any atom is 0.261 e. The lowest BCUT2D eigenvalue weighted by molar-refractivity contribution is -0.114. The van der Waals surface area contributed by atoms with Gasteiger partial charge in [-0.2, -0.15) is 4.98 Å². The van der Waals surface area contributed by atoms with Crippen molar-refractivity contribution in [2.24, 2.45) is 0 Å². The van der Waals surface area contributed by atoms with Gasteiger partial charge in [0.1, 0.15) is 5.75 Å². The summed E-state index contributed by atoms with van der Waals surface area (Å²) in [5.41, 5.74) is 2.16. The van der Waals surface area contributed by atoms with Crippen molar-refractivity contribution in [1.29, 1.82) is 0 Å². The first-order valence-corrected chi connectivity index (χ1v) is 7.29. The van der Waals surface area contributed by atoms with E-state index in [1.807, 2.05) is 30.3 Å². The summed E-state index contributed by atoms with van der Waals surface area (Å²) < 4.78 is 5.16. The molecule has 1 heterocycles. The number of aromatic nitrogens is 2. The molecule has 0 aliphatic heterocycles. The number of aromatic hydroxyl groups is 1. The van der Waals surface area contributed by atoms with E-state index in [1.54, 1.807) is 30.3 Å². The average Bonchev–Trinajstić information content (AvgIpc) is 3.03. The molecule has 2 N–H and O–H groups in total. The van der Waals surface area contributed by atoms with E-state index in [0.29, 0.717) is 11.4 Å². The number of hydrogen-bond acceptors (Lipinski definition) is 5. The molecule has 0 radical (unpaired) electrons. The van der Waals surface area contributed by atoms with Crippen molar-refractivity contribution in [3.8, 4) is 17.2 Å². The molecule has 0 unspecified atom stereocenters. The molecule has 0 atom stereocenters. The van der Waals surface area contributed by atoms with Gasteiger partial charge in [-0.1, -0.05) is 35.5 Å². The number of amides is 1. The highest BCUT2D eigenvalue weighted by atomic mass is 16.5. The zero-order valence-corrected chi connectivity index (χ0v) is 12.9. The molecule has 0 aliphatic carbocycles. The SMILES string of the molecule is CC(=O)Nc1ccc(C=Cc2noc(-c3ccccc3O)n2)cc1. The number of carbonyl (C=O) groups excluding carboxylic acids is 1. The zero-order valence-electron chi connectivity index (χ0n) is 12.9. The van der Waals surface area contributed by atoms with Crippen LogP contribution < -0.4 is 5.32 Å². The smallest absolute Gasteiger partial charge is 0.261 e. The molecule has 3 rings (SSSR count). The van der Waals surface area contributed by atoms with Crippen LogP contribution in [0.15, 0.2) is 53.1 Å². The number of nitrogens with one attached hydrogen (secondary N) is 1. The third-order valence-electron chi connectivity index (χ3n) is 3.23. The van der Waals surface area contributed by atoms with E-state index in [0.717, 1.165) is 11.3 Å². The molecular weight excluding hydrogens is 306 g/mol. The van der Waals surface area contributed by atoms with Crippen LogP contribution in [0.25, 0.3) is 23.6 Å². The third-order valence-corrected chi connectivity index (χ3v) is 3.23. The highest BCUT2D eigenvalue weighted by Crippen LogP contribution is 2.27. The van der Waals surface area contributed by atoms with Crippen LogP contribution in [-0.4, -0.2) is 21.2 Å². The van der Waals surface area contributed by atoms with Gasteiger partial charge in [0, 0.05) is 12.6 Å². The minimum absolute atomic E-state index is 0.0882. The molecule has 1 amide bonds. The van der Waals surface area contributed by atoms with Crippen molar-refractivity contribution in [3.05, 3.63) is 59.9 Å². The lowest BCUT2D eigenvalue weighted by Crippen LogP contribution is -2.05. The molecule has 120 valence electrons. The molecule has 1 aromatic heterocycles. The quantitative estimate of drug-likeness (QED) is 0.767. The molecule has 0 saturated heterocycles. The van der Waals surface area contributed by atoms with Crippen molar-refractivity contribution in [3.63, 3.8) is 0 Å². The fourth-order valence-electron chi connectivity index (χ4n) is 2.12. The number of rotatable bonds is 4. The second kappa shape index (κ2) is 6.78. The maximum atomic E-state index is 11.0. The summed E-state index contributed by atoms with van der Waals surface area (Å²) in [6.45, 7) is 1.46. The number of anilines is 1. The lowest BCUT2D eigenvalue weighted by Gasteiger charge is -2.01. The number of benzene rings is 2. The highest BCUT2D eigenvalue weighted by Gasteiger charge is 2.10. The maximum absolute atomic E-state index is 11.0. The fourth-order valence-corrected chi connectivity index (χ4v) is 2.12. The van der Waals surface area contributed by atoms with Gasteiger partial charge < -0.3 is 14.9 Å². The van der Waals surface area contributed by atoms with Crippen LogP contribution in [0.3, 0.4) is 0 Å². The summed E-state index contributed by atoms with van der Waals surface area (Å²) in [5.74, 6) is 0.639. The Balaban J connectivity index is 1.73. The molecule has 2 aromatic carbocycles. The first-order chi connectivity index (χ1) is 11.6. The van der Waals surface area contributed by atoms with Gasteiger partial charge in [-0.3, -0.25) is 4.79 Å². The van der Waals surface area contributed by atoms with Gasteiger partial charge in [0.15, 0.2) is 5.82 Å². The summed E-state index contributed by atoms with van der Waals surface area (Å²) >= 11 is 0. The number of hydrogen-bond donors (Lipinski definition) is 2. The van der Waals surface area contributed by atoms with E-state index in [1.165, 1.54) is 6.92 Å². The van der Waals surface area contributed by atoms with Crippen LogP contribution in [0.5, 0.6) is 5.75 Å². The number of carbonyl (C=O) groups is 1.